The van der Waals surface area contributed by atoms with Crippen molar-refractivity contribution in [1.29, 1.82) is 5.26 Å². The van der Waals surface area contributed by atoms with Crippen LogP contribution in [0.3, 0.4) is 0 Å². The zero-order chi connectivity index (χ0) is 24.0. The third kappa shape index (κ3) is 4.10. The Kier molecular flexibility index (Phi) is 5.69. The second-order valence-electron chi connectivity index (χ2n) is 10.8. The van der Waals surface area contributed by atoms with Crippen LogP contribution in [0.15, 0.2) is 42.6 Å². The predicted molar refractivity (Wildman–Crippen MR) is 132 cm³/mol. The van der Waals surface area contributed by atoms with Crippen LogP contribution >= 0.6 is 0 Å². The van der Waals surface area contributed by atoms with E-state index in [0.29, 0.717) is 23.2 Å². The normalized spacial score (nSPS) is 29.4. The number of benzene rings is 1. The number of amides is 1. The van der Waals surface area contributed by atoms with Crippen LogP contribution in [0, 0.1) is 28.6 Å². The van der Waals surface area contributed by atoms with Gasteiger partial charge in [-0.3, -0.25) is 4.79 Å². The number of carbonyl (C=O) groups is 1. The van der Waals surface area contributed by atoms with Crippen molar-refractivity contribution in [3.63, 3.8) is 0 Å². The molecule has 0 saturated carbocycles. The van der Waals surface area contributed by atoms with Gasteiger partial charge in [-0.15, -0.1) is 0 Å². The van der Waals surface area contributed by atoms with Crippen LogP contribution in [0.25, 0.3) is 5.57 Å². The number of nitrogens with zero attached hydrogens (tertiary/aromatic N) is 2. The molecule has 0 radical (unpaired) electrons. The summed E-state index contributed by atoms with van der Waals surface area (Å²) in [4.78, 5) is 19.7. The molecule has 1 aliphatic carbocycles. The average Bonchev–Trinajstić information content (AvgIpc) is 3.48. The van der Waals surface area contributed by atoms with E-state index >= 15 is 0 Å². The number of anilines is 1. The van der Waals surface area contributed by atoms with Crippen molar-refractivity contribution in [2.75, 3.05) is 5.32 Å². The third-order valence-electron chi connectivity index (χ3n) is 7.88. The quantitative estimate of drug-likeness (QED) is 0.567. The third-order valence-corrected chi connectivity index (χ3v) is 7.88. The van der Waals surface area contributed by atoms with Gasteiger partial charge in [0.1, 0.15) is 11.8 Å². The highest BCUT2D eigenvalue weighted by Crippen LogP contribution is 2.47. The van der Waals surface area contributed by atoms with Crippen LogP contribution in [-0.2, 0) is 4.74 Å². The standard InChI is InChI=1S/C28H32N4O2/c1-16-23-7-8-24(34-23)17(2)25(16)19-5-6-22(32-27(33)26-30-15-20(14-29)31-26)21(13-19)18-9-11-28(3,4)12-10-18/h5-9,13,15-17,23-25H,10-12H2,1-4H3,(H,30,31)(H,32,33)/t16-,17+,23+,24-,25?. The fourth-order valence-corrected chi connectivity index (χ4v) is 5.72. The number of nitriles is 1. The molecular weight excluding hydrogens is 424 g/mol. The smallest absolute Gasteiger partial charge is 0.291 e. The van der Waals surface area contributed by atoms with Crippen LogP contribution in [0.2, 0.25) is 0 Å². The van der Waals surface area contributed by atoms with E-state index in [0.717, 1.165) is 30.5 Å². The SMILES string of the molecule is C[C@@H]1C(c2ccc(NC(=O)c3ncc(C#N)[nH]3)c(C3=CCC(C)(C)CC3)c2)[C@H](C)[C@@H]2C=C[C@H]1O2. The molecule has 1 aromatic carbocycles. The highest BCUT2D eigenvalue weighted by atomic mass is 16.5. The largest absolute Gasteiger partial charge is 0.366 e. The molecule has 2 N–H and O–H groups in total. The topological polar surface area (TPSA) is 90.8 Å². The lowest BCUT2D eigenvalue weighted by atomic mass is 9.72. The monoisotopic (exact) mass is 456 g/mol. The van der Waals surface area contributed by atoms with E-state index in [1.54, 1.807) is 0 Å². The Balaban J connectivity index is 1.51. The first-order valence-electron chi connectivity index (χ1n) is 12.2. The Labute approximate surface area is 201 Å². The highest BCUT2D eigenvalue weighted by molar-refractivity contribution is 6.03. The lowest BCUT2D eigenvalue weighted by Gasteiger charge is -2.40. The van der Waals surface area contributed by atoms with E-state index in [4.69, 9.17) is 10.00 Å². The number of nitrogens with one attached hydrogen (secondary N) is 2. The minimum absolute atomic E-state index is 0.139. The van der Waals surface area contributed by atoms with Gasteiger partial charge in [-0.05, 0) is 65.7 Å². The summed E-state index contributed by atoms with van der Waals surface area (Å²) in [5, 5.41) is 12.1. The first-order valence-corrected chi connectivity index (χ1v) is 12.2. The van der Waals surface area contributed by atoms with Crippen LogP contribution in [0.5, 0.6) is 0 Å². The number of ether oxygens (including phenoxy) is 1. The summed E-state index contributed by atoms with van der Waals surface area (Å²) >= 11 is 0. The molecule has 34 heavy (non-hydrogen) atoms. The minimum atomic E-state index is -0.345. The summed E-state index contributed by atoms with van der Waals surface area (Å²) in [5.41, 5.74) is 5.00. The summed E-state index contributed by atoms with van der Waals surface area (Å²) < 4.78 is 6.17. The minimum Gasteiger partial charge on any atom is -0.366 e. The molecule has 3 heterocycles. The number of allylic oxidation sites excluding steroid dienone is 2. The molecule has 6 nitrogen and oxygen atoms in total. The van der Waals surface area contributed by atoms with Crippen molar-refractivity contribution >= 4 is 17.2 Å². The van der Waals surface area contributed by atoms with Crippen LogP contribution < -0.4 is 5.32 Å². The fourth-order valence-electron chi connectivity index (χ4n) is 5.72. The first-order chi connectivity index (χ1) is 16.3. The van der Waals surface area contributed by atoms with Gasteiger partial charge < -0.3 is 15.0 Å². The van der Waals surface area contributed by atoms with Gasteiger partial charge in [-0.25, -0.2) is 4.98 Å². The van der Waals surface area contributed by atoms with Crippen molar-refractivity contribution in [2.45, 2.75) is 65.1 Å². The molecule has 2 aliphatic heterocycles. The number of hydrogen-bond acceptors (Lipinski definition) is 4. The lowest BCUT2D eigenvalue weighted by Crippen LogP contribution is -2.39. The van der Waals surface area contributed by atoms with E-state index in [-0.39, 0.29) is 29.6 Å². The zero-order valence-corrected chi connectivity index (χ0v) is 20.3. The number of rotatable bonds is 4. The van der Waals surface area contributed by atoms with Crippen molar-refractivity contribution in [3.05, 3.63) is 65.3 Å². The second kappa shape index (κ2) is 8.56. The number of aromatic amines is 1. The molecule has 176 valence electrons. The molecule has 5 atom stereocenters. The maximum atomic E-state index is 12.9. The maximum Gasteiger partial charge on any atom is 0.291 e. The maximum absolute atomic E-state index is 12.9. The number of H-pyrrole nitrogens is 1. The fraction of sp³-hybridized carbons (Fsp3) is 0.464. The molecule has 2 bridgehead atoms. The number of imidazole rings is 1. The molecule has 2 aromatic rings. The molecule has 1 aromatic heterocycles. The van der Waals surface area contributed by atoms with E-state index in [2.05, 4.69) is 73.3 Å². The predicted octanol–water partition coefficient (Wildman–Crippen LogP) is 5.82. The zero-order valence-electron chi connectivity index (χ0n) is 20.3. The van der Waals surface area contributed by atoms with Gasteiger partial charge in [0.15, 0.2) is 5.82 Å². The van der Waals surface area contributed by atoms with Crippen molar-refractivity contribution in [1.82, 2.24) is 9.97 Å². The van der Waals surface area contributed by atoms with Gasteiger partial charge in [0.2, 0.25) is 0 Å². The van der Waals surface area contributed by atoms with Crippen molar-refractivity contribution < 1.29 is 9.53 Å². The summed E-state index contributed by atoms with van der Waals surface area (Å²) in [5.74, 6) is 0.934. The van der Waals surface area contributed by atoms with Gasteiger partial charge in [-0.1, -0.05) is 52.0 Å². The molecule has 1 amide bonds. The van der Waals surface area contributed by atoms with Crippen LogP contribution in [-0.4, -0.2) is 28.1 Å². The number of carbonyl (C=O) groups excluding carboxylic acids is 1. The molecule has 6 heteroatoms. The Bertz CT molecular complexity index is 1200. The molecule has 1 saturated heterocycles. The molecule has 3 aliphatic rings. The van der Waals surface area contributed by atoms with Gasteiger partial charge in [0.05, 0.1) is 18.4 Å². The van der Waals surface area contributed by atoms with E-state index < -0.39 is 0 Å². The number of aromatic nitrogens is 2. The summed E-state index contributed by atoms with van der Waals surface area (Å²) in [7, 11) is 0. The Morgan fingerprint density at radius 3 is 2.59 bits per heavy atom. The molecule has 0 spiro atoms. The molecule has 1 unspecified atom stereocenters. The second-order valence-corrected chi connectivity index (χ2v) is 10.8. The number of fused-ring (bicyclic) bond motifs is 2. The van der Waals surface area contributed by atoms with Gasteiger partial charge in [0, 0.05) is 11.3 Å². The van der Waals surface area contributed by atoms with Crippen LogP contribution in [0.4, 0.5) is 5.69 Å². The van der Waals surface area contributed by atoms with Crippen molar-refractivity contribution in [3.8, 4) is 6.07 Å². The number of hydrogen-bond donors (Lipinski definition) is 2. The summed E-state index contributed by atoms with van der Waals surface area (Å²) in [6.07, 6.45) is 11.6. The average molecular weight is 457 g/mol. The lowest BCUT2D eigenvalue weighted by molar-refractivity contribution is -0.0573. The van der Waals surface area contributed by atoms with E-state index in [9.17, 15) is 4.79 Å². The Hall–Kier alpha value is -3.17. The first kappa shape index (κ1) is 22.6. The molecule has 5 rings (SSSR count). The Morgan fingerprint density at radius 2 is 1.97 bits per heavy atom. The van der Waals surface area contributed by atoms with E-state index in [1.807, 2.05) is 12.1 Å². The van der Waals surface area contributed by atoms with Gasteiger partial charge in [-0.2, -0.15) is 5.26 Å². The molecular formula is C28H32N4O2. The van der Waals surface area contributed by atoms with Crippen LogP contribution in [0.1, 0.15) is 80.3 Å². The summed E-state index contributed by atoms with van der Waals surface area (Å²) in [6.45, 7) is 9.16. The van der Waals surface area contributed by atoms with Crippen molar-refractivity contribution in [2.24, 2.45) is 17.3 Å². The Morgan fingerprint density at radius 1 is 1.24 bits per heavy atom. The molecule has 1 fully saturated rings. The van der Waals surface area contributed by atoms with Gasteiger partial charge >= 0.3 is 0 Å². The van der Waals surface area contributed by atoms with E-state index in [1.165, 1.54) is 17.3 Å². The van der Waals surface area contributed by atoms with Gasteiger partial charge in [0.25, 0.3) is 5.91 Å². The highest BCUT2D eigenvalue weighted by Gasteiger charge is 2.43. The summed E-state index contributed by atoms with van der Waals surface area (Å²) in [6, 6.07) is 8.44.